The molecule has 0 aliphatic carbocycles. The molecule has 0 saturated carbocycles. The first-order valence-electron chi connectivity index (χ1n) is 9.05. The van der Waals surface area contributed by atoms with Gasteiger partial charge in [-0.05, 0) is 47.9 Å². The van der Waals surface area contributed by atoms with E-state index in [0.717, 1.165) is 17.7 Å². The van der Waals surface area contributed by atoms with Gasteiger partial charge < -0.3 is 20.3 Å². The maximum absolute atomic E-state index is 10.6. The van der Waals surface area contributed by atoms with Crippen molar-refractivity contribution >= 4 is 34.9 Å². The second-order valence-corrected chi connectivity index (χ2v) is 7.06. The molecule has 2 rings (SSSR count). The van der Waals surface area contributed by atoms with Gasteiger partial charge in [0, 0.05) is 34.8 Å². The van der Waals surface area contributed by atoms with Crippen LogP contribution in [-0.2, 0) is 11.2 Å². The number of carboxylic acids is 1. The first-order chi connectivity index (χ1) is 13.8. The molecule has 3 N–H and O–H groups in total. The molecule has 0 aromatic heterocycles. The van der Waals surface area contributed by atoms with Gasteiger partial charge in [-0.1, -0.05) is 48.3 Å². The van der Waals surface area contributed by atoms with E-state index in [4.69, 9.17) is 33.0 Å². The van der Waals surface area contributed by atoms with Gasteiger partial charge in [-0.15, -0.1) is 0 Å². The summed E-state index contributed by atoms with van der Waals surface area (Å²) >= 11 is 12.7. The van der Waals surface area contributed by atoms with Crippen LogP contribution in [0.1, 0.15) is 30.0 Å². The van der Waals surface area contributed by atoms with E-state index in [1.165, 1.54) is 0 Å². The van der Waals surface area contributed by atoms with Crippen LogP contribution in [0.15, 0.2) is 48.6 Å². The Balaban J connectivity index is 2.32. The number of aromatic hydroxyl groups is 1. The van der Waals surface area contributed by atoms with Crippen LogP contribution in [0.25, 0.3) is 5.70 Å². The number of hydrogen-bond acceptors (Lipinski definition) is 4. The van der Waals surface area contributed by atoms with Crippen LogP contribution in [0, 0.1) is 0 Å². The van der Waals surface area contributed by atoms with Crippen molar-refractivity contribution in [2.75, 3.05) is 13.7 Å². The zero-order valence-electron chi connectivity index (χ0n) is 16.2. The molecule has 0 amide bonds. The number of carbonyl (C=O) groups is 1. The average molecular weight is 436 g/mol. The number of phenolic OH excluding ortho intramolecular Hbond substituents is 1. The number of benzene rings is 2. The molecule has 0 fully saturated rings. The molecule has 154 valence electrons. The molecule has 2 aromatic carbocycles. The molecule has 0 aliphatic rings. The number of allylic oxidation sites excluding steroid dienone is 3. The van der Waals surface area contributed by atoms with Gasteiger partial charge in [-0.3, -0.25) is 0 Å². The highest BCUT2D eigenvalue weighted by molar-refractivity contribution is 6.36. The van der Waals surface area contributed by atoms with E-state index in [0.29, 0.717) is 33.3 Å². The molecule has 2 aromatic rings. The van der Waals surface area contributed by atoms with E-state index in [1.807, 2.05) is 31.2 Å². The zero-order valence-corrected chi connectivity index (χ0v) is 17.7. The number of carboxylic acid groups (broad SMARTS) is 1. The lowest BCUT2D eigenvalue weighted by molar-refractivity contribution is -0.139. The number of ether oxygens (including phenoxy) is 1. The minimum absolute atomic E-state index is 0.161. The van der Waals surface area contributed by atoms with Gasteiger partial charge >= 0.3 is 5.97 Å². The zero-order chi connectivity index (χ0) is 21.4. The first-order valence-corrected chi connectivity index (χ1v) is 9.80. The fraction of sp³-hybridized carbons (Fsp3) is 0.227. The van der Waals surface area contributed by atoms with Crippen LogP contribution in [0.2, 0.25) is 10.0 Å². The minimum Gasteiger partial charge on any atom is -0.507 e. The summed E-state index contributed by atoms with van der Waals surface area (Å²) < 4.78 is 5.14. The third-order valence-electron chi connectivity index (χ3n) is 4.11. The van der Waals surface area contributed by atoms with Gasteiger partial charge in [0.2, 0.25) is 0 Å². The van der Waals surface area contributed by atoms with Crippen LogP contribution in [0.3, 0.4) is 0 Å². The molecule has 0 unspecified atom stereocenters. The Morgan fingerprint density at radius 2 is 1.90 bits per heavy atom. The quantitative estimate of drug-likeness (QED) is 0.466. The fourth-order valence-corrected chi connectivity index (χ4v) is 3.30. The van der Waals surface area contributed by atoms with Gasteiger partial charge in [0.15, 0.2) is 6.61 Å². The normalized spacial score (nSPS) is 11.7. The van der Waals surface area contributed by atoms with Crippen LogP contribution in [0.4, 0.5) is 0 Å². The van der Waals surface area contributed by atoms with Crippen molar-refractivity contribution in [3.8, 4) is 11.5 Å². The van der Waals surface area contributed by atoms with Gasteiger partial charge in [-0.2, -0.15) is 0 Å². The number of rotatable bonds is 9. The lowest BCUT2D eigenvalue weighted by Gasteiger charge is -2.13. The summed E-state index contributed by atoms with van der Waals surface area (Å²) in [4.78, 5) is 10.6. The molecule has 5 nitrogen and oxygen atoms in total. The van der Waals surface area contributed by atoms with Crippen molar-refractivity contribution in [2.45, 2.75) is 19.8 Å². The standard InChI is InChI=1S/C22H23Cl2NO4/c1-3-4-5-6-20(25-2)17-10-14(7-8-21(17)26)9-16-18(23)11-15(12-19(16)24)29-13-22(27)28/h4-8,10-12,25-26H,3,9,13H2,1-2H3,(H,27,28)/b5-4+,20-6-. The SMILES string of the molecule is CC/C=C/C=C(\NC)c1cc(Cc2c(Cl)cc(OCC(=O)O)cc2Cl)ccc1O. The summed E-state index contributed by atoms with van der Waals surface area (Å²) in [6.07, 6.45) is 7.21. The Morgan fingerprint density at radius 3 is 2.48 bits per heavy atom. The average Bonchev–Trinajstić information content (AvgIpc) is 2.68. The van der Waals surface area contributed by atoms with E-state index in [-0.39, 0.29) is 5.75 Å². The highest BCUT2D eigenvalue weighted by Gasteiger charge is 2.13. The monoisotopic (exact) mass is 435 g/mol. The largest absolute Gasteiger partial charge is 0.507 e. The lowest BCUT2D eigenvalue weighted by atomic mass is 10.00. The topological polar surface area (TPSA) is 78.8 Å². The summed E-state index contributed by atoms with van der Waals surface area (Å²) in [6, 6.07) is 8.39. The second kappa shape index (κ2) is 10.8. The Hall–Kier alpha value is -2.63. The first kappa shape index (κ1) is 22.7. The van der Waals surface area contributed by atoms with Gasteiger partial charge in [-0.25, -0.2) is 4.79 Å². The summed E-state index contributed by atoms with van der Waals surface area (Å²) in [6.45, 7) is 1.58. The number of phenols is 1. The van der Waals surface area contributed by atoms with E-state index < -0.39 is 12.6 Å². The summed E-state index contributed by atoms with van der Waals surface area (Å²) in [5, 5.41) is 22.9. The van der Waals surface area contributed by atoms with Crippen LogP contribution < -0.4 is 10.1 Å². The van der Waals surface area contributed by atoms with Crippen molar-refractivity contribution < 1.29 is 19.7 Å². The van der Waals surface area contributed by atoms with Crippen molar-refractivity contribution in [3.05, 3.63) is 75.3 Å². The summed E-state index contributed by atoms with van der Waals surface area (Å²) in [5.74, 6) is -0.630. The molecule has 0 heterocycles. The predicted molar refractivity (Wildman–Crippen MR) is 117 cm³/mol. The Bertz CT molecular complexity index is 915. The van der Waals surface area contributed by atoms with Crippen molar-refractivity contribution in [1.82, 2.24) is 5.32 Å². The Morgan fingerprint density at radius 1 is 1.21 bits per heavy atom. The maximum atomic E-state index is 10.6. The molecule has 7 heteroatoms. The minimum atomic E-state index is -1.08. The van der Waals surface area contributed by atoms with E-state index in [2.05, 4.69) is 5.32 Å². The molecule has 0 aliphatic heterocycles. The molecule has 0 bridgehead atoms. The summed E-state index contributed by atoms with van der Waals surface area (Å²) in [5.41, 5.74) is 3.04. The maximum Gasteiger partial charge on any atom is 0.341 e. The number of hydrogen-bond donors (Lipinski definition) is 3. The molecule has 0 spiro atoms. The van der Waals surface area contributed by atoms with Crippen molar-refractivity contribution in [2.24, 2.45) is 0 Å². The fourth-order valence-electron chi connectivity index (χ4n) is 2.70. The number of aliphatic carboxylic acids is 1. The molecular weight excluding hydrogens is 413 g/mol. The second-order valence-electron chi connectivity index (χ2n) is 6.24. The van der Waals surface area contributed by atoms with E-state index >= 15 is 0 Å². The lowest BCUT2D eigenvalue weighted by Crippen LogP contribution is -2.09. The van der Waals surface area contributed by atoms with E-state index in [9.17, 15) is 9.90 Å². The molecule has 0 saturated heterocycles. The van der Waals surface area contributed by atoms with Crippen molar-refractivity contribution in [3.63, 3.8) is 0 Å². The van der Waals surface area contributed by atoms with E-state index in [1.54, 1.807) is 31.3 Å². The van der Waals surface area contributed by atoms with Gasteiger partial charge in [0.25, 0.3) is 0 Å². The highest BCUT2D eigenvalue weighted by Crippen LogP contribution is 2.33. The molecule has 0 atom stereocenters. The number of nitrogens with one attached hydrogen (secondary N) is 1. The Labute approximate surface area is 180 Å². The molecule has 29 heavy (non-hydrogen) atoms. The predicted octanol–water partition coefficient (Wildman–Crippen LogP) is 5.28. The van der Waals surface area contributed by atoms with Gasteiger partial charge in [0.05, 0.1) is 0 Å². The van der Waals surface area contributed by atoms with Crippen LogP contribution in [0.5, 0.6) is 11.5 Å². The highest BCUT2D eigenvalue weighted by atomic mass is 35.5. The third kappa shape index (κ3) is 6.44. The van der Waals surface area contributed by atoms with Crippen LogP contribution in [-0.4, -0.2) is 29.8 Å². The van der Waals surface area contributed by atoms with Crippen molar-refractivity contribution in [1.29, 1.82) is 0 Å². The third-order valence-corrected chi connectivity index (χ3v) is 4.79. The molecular formula is C22H23Cl2NO4. The Kier molecular flexibility index (Phi) is 8.43. The van der Waals surface area contributed by atoms with Gasteiger partial charge in [0.1, 0.15) is 11.5 Å². The molecule has 0 radical (unpaired) electrons. The smallest absolute Gasteiger partial charge is 0.341 e. The number of halogens is 2. The summed E-state index contributed by atoms with van der Waals surface area (Å²) in [7, 11) is 1.79. The van der Waals surface area contributed by atoms with Crippen LogP contribution >= 0.6 is 23.2 Å².